The minimum absolute atomic E-state index is 0.0263. The van der Waals surface area contributed by atoms with Crippen molar-refractivity contribution < 1.29 is 14.4 Å². The number of rotatable bonds is 5. The normalized spacial score (nSPS) is 14.5. The quantitative estimate of drug-likeness (QED) is 0.769. The van der Waals surface area contributed by atoms with E-state index >= 15 is 0 Å². The number of likely N-dealkylation sites (tertiary alicyclic amines) is 1. The van der Waals surface area contributed by atoms with E-state index in [0.29, 0.717) is 31.5 Å². The maximum Gasteiger partial charge on any atom is 0.251 e. The van der Waals surface area contributed by atoms with Gasteiger partial charge in [0.2, 0.25) is 5.91 Å². The summed E-state index contributed by atoms with van der Waals surface area (Å²) in [6.45, 7) is 8.93. The smallest absolute Gasteiger partial charge is 0.251 e. The summed E-state index contributed by atoms with van der Waals surface area (Å²) in [7, 11) is 0. The Morgan fingerprint density at radius 1 is 0.900 bits per heavy atom. The number of aryl methyl sites for hydroxylation is 4. The summed E-state index contributed by atoms with van der Waals surface area (Å²) >= 11 is 0. The van der Waals surface area contributed by atoms with E-state index in [1.54, 1.807) is 4.90 Å². The van der Waals surface area contributed by atoms with Crippen LogP contribution in [0.2, 0.25) is 0 Å². The first-order chi connectivity index (χ1) is 14.2. The van der Waals surface area contributed by atoms with Gasteiger partial charge in [0, 0.05) is 30.1 Å². The highest BCUT2D eigenvalue weighted by Crippen LogP contribution is 2.24. The van der Waals surface area contributed by atoms with E-state index in [0.717, 1.165) is 27.8 Å². The number of benzene rings is 2. The lowest BCUT2D eigenvalue weighted by Crippen LogP contribution is -2.45. The predicted octanol–water partition coefficient (Wildman–Crippen LogP) is 3.77. The molecule has 0 radical (unpaired) electrons. The average molecular weight is 407 g/mol. The summed E-state index contributed by atoms with van der Waals surface area (Å²) < 4.78 is 0. The summed E-state index contributed by atoms with van der Waals surface area (Å²) in [6, 6.07) is 11.5. The molecule has 1 aliphatic rings. The molecule has 1 fully saturated rings. The molecule has 1 heterocycles. The van der Waals surface area contributed by atoms with Gasteiger partial charge in [0.1, 0.15) is 0 Å². The van der Waals surface area contributed by atoms with Crippen LogP contribution in [0.15, 0.2) is 36.4 Å². The lowest BCUT2D eigenvalue weighted by Gasteiger charge is -2.31. The number of piperidine rings is 1. The molecule has 2 aromatic rings. The number of hydrogen-bond acceptors (Lipinski definition) is 3. The van der Waals surface area contributed by atoms with Crippen molar-refractivity contribution in [2.75, 3.05) is 19.6 Å². The van der Waals surface area contributed by atoms with E-state index in [1.807, 2.05) is 64.1 Å². The third kappa shape index (κ3) is 5.15. The Balaban J connectivity index is 1.51. The van der Waals surface area contributed by atoms with Crippen molar-refractivity contribution in [3.63, 3.8) is 0 Å². The molecular weight excluding hydrogens is 376 g/mol. The molecule has 5 nitrogen and oxygen atoms in total. The Hall–Kier alpha value is -2.95. The Labute approximate surface area is 178 Å². The van der Waals surface area contributed by atoms with Crippen molar-refractivity contribution in [2.45, 2.75) is 40.5 Å². The Bertz CT molecular complexity index is 952. The van der Waals surface area contributed by atoms with Crippen LogP contribution in [0.4, 0.5) is 0 Å². The molecule has 0 aromatic heterocycles. The Morgan fingerprint density at radius 2 is 1.53 bits per heavy atom. The van der Waals surface area contributed by atoms with E-state index in [4.69, 9.17) is 0 Å². The molecule has 1 N–H and O–H groups in total. The van der Waals surface area contributed by atoms with Gasteiger partial charge in [-0.05, 0) is 58.2 Å². The SMILES string of the molecule is Cc1cc(C)cc(C(=O)NCC(=O)N2CCC(C(=O)c3ccc(C)cc3C)CC2)c1. The van der Waals surface area contributed by atoms with E-state index in [9.17, 15) is 14.4 Å². The lowest BCUT2D eigenvalue weighted by molar-refractivity contribution is -0.131. The molecule has 0 aliphatic carbocycles. The molecule has 0 unspecified atom stereocenters. The highest BCUT2D eigenvalue weighted by Gasteiger charge is 2.28. The standard InChI is InChI=1S/C25H30N2O3/c1-16-5-6-22(19(4)12-16)24(29)20-7-9-27(10-8-20)23(28)15-26-25(30)21-13-17(2)11-18(3)14-21/h5-6,11-14,20H,7-10,15H2,1-4H3,(H,26,30). The fraction of sp³-hybridized carbons (Fsp3) is 0.400. The third-order valence-electron chi connectivity index (χ3n) is 5.75. The minimum Gasteiger partial charge on any atom is -0.343 e. The fourth-order valence-electron chi connectivity index (χ4n) is 4.18. The summed E-state index contributed by atoms with van der Waals surface area (Å²) in [5.74, 6) is -0.233. The second kappa shape index (κ2) is 9.24. The topological polar surface area (TPSA) is 66.5 Å². The number of ketones is 1. The van der Waals surface area contributed by atoms with Crippen LogP contribution in [0.5, 0.6) is 0 Å². The van der Waals surface area contributed by atoms with Gasteiger partial charge in [0.05, 0.1) is 6.54 Å². The van der Waals surface area contributed by atoms with Gasteiger partial charge in [-0.3, -0.25) is 14.4 Å². The molecule has 1 saturated heterocycles. The summed E-state index contributed by atoms with van der Waals surface area (Å²) in [5, 5.41) is 2.73. The predicted molar refractivity (Wildman–Crippen MR) is 118 cm³/mol. The van der Waals surface area contributed by atoms with Crippen LogP contribution in [0, 0.1) is 33.6 Å². The van der Waals surface area contributed by atoms with Crippen molar-refractivity contribution in [1.29, 1.82) is 0 Å². The van der Waals surface area contributed by atoms with Gasteiger partial charge in [0.25, 0.3) is 5.91 Å². The van der Waals surface area contributed by atoms with Crippen LogP contribution in [-0.2, 0) is 4.79 Å². The van der Waals surface area contributed by atoms with Crippen LogP contribution in [0.3, 0.4) is 0 Å². The summed E-state index contributed by atoms with van der Waals surface area (Å²) in [4.78, 5) is 39.5. The van der Waals surface area contributed by atoms with Gasteiger partial charge in [-0.25, -0.2) is 0 Å². The highest BCUT2D eigenvalue weighted by atomic mass is 16.2. The molecule has 0 spiro atoms. The monoisotopic (exact) mass is 406 g/mol. The molecule has 3 rings (SSSR count). The molecule has 1 aliphatic heterocycles. The maximum atomic E-state index is 12.9. The number of nitrogens with zero attached hydrogens (tertiary/aromatic N) is 1. The number of nitrogens with one attached hydrogen (secondary N) is 1. The van der Waals surface area contributed by atoms with Crippen molar-refractivity contribution in [3.8, 4) is 0 Å². The number of hydrogen-bond donors (Lipinski definition) is 1. The number of carbonyl (C=O) groups is 3. The first-order valence-electron chi connectivity index (χ1n) is 10.5. The maximum absolute atomic E-state index is 12.9. The Morgan fingerprint density at radius 3 is 2.13 bits per heavy atom. The average Bonchev–Trinajstić information content (AvgIpc) is 2.70. The first kappa shape index (κ1) is 21.8. The van der Waals surface area contributed by atoms with Gasteiger partial charge in [-0.1, -0.05) is 41.0 Å². The van der Waals surface area contributed by atoms with Crippen LogP contribution < -0.4 is 5.32 Å². The van der Waals surface area contributed by atoms with Crippen LogP contribution in [-0.4, -0.2) is 42.1 Å². The summed E-state index contributed by atoms with van der Waals surface area (Å²) in [5.41, 5.74) is 5.54. The Kier molecular flexibility index (Phi) is 6.70. The van der Waals surface area contributed by atoms with Crippen molar-refractivity contribution >= 4 is 17.6 Å². The van der Waals surface area contributed by atoms with Gasteiger partial charge < -0.3 is 10.2 Å². The van der Waals surface area contributed by atoms with E-state index < -0.39 is 0 Å². The first-order valence-corrected chi connectivity index (χ1v) is 10.5. The third-order valence-corrected chi connectivity index (χ3v) is 5.75. The summed E-state index contributed by atoms with van der Waals surface area (Å²) in [6.07, 6.45) is 1.31. The molecule has 5 heteroatoms. The van der Waals surface area contributed by atoms with Crippen molar-refractivity contribution in [2.24, 2.45) is 5.92 Å². The molecule has 0 bridgehead atoms. The zero-order valence-electron chi connectivity index (χ0n) is 18.2. The molecule has 158 valence electrons. The molecule has 2 amide bonds. The lowest BCUT2D eigenvalue weighted by atomic mass is 9.87. The van der Waals surface area contributed by atoms with Gasteiger partial charge in [-0.15, -0.1) is 0 Å². The zero-order chi connectivity index (χ0) is 21.8. The second-order valence-corrected chi connectivity index (χ2v) is 8.40. The van der Waals surface area contributed by atoms with Crippen LogP contribution in [0.25, 0.3) is 0 Å². The van der Waals surface area contributed by atoms with Gasteiger partial charge >= 0.3 is 0 Å². The minimum atomic E-state index is -0.241. The molecule has 30 heavy (non-hydrogen) atoms. The van der Waals surface area contributed by atoms with Crippen LogP contribution in [0.1, 0.15) is 55.8 Å². The molecule has 0 saturated carbocycles. The molecular formula is C25H30N2O3. The number of Topliss-reactive ketones (excluding diaryl/α,β-unsaturated/α-hetero) is 1. The van der Waals surface area contributed by atoms with Crippen LogP contribution >= 0.6 is 0 Å². The molecule has 0 atom stereocenters. The van der Waals surface area contributed by atoms with E-state index in [1.165, 1.54) is 0 Å². The fourth-order valence-corrected chi connectivity index (χ4v) is 4.18. The van der Waals surface area contributed by atoms with Gasteiger partial charge in [0.15, 0.2) is 5.78 Å². The highest BCUT2D eigenvalue weighted by molar-refractivity contribution is 5.99. The number of carbonyl (C=O) groups excluding carboxylic acids is 3. The van der Waals surface area contributed by atoms with Crippen molar-refractivity contribution in [3.05, 3.63) is 69.8 Å². The largest absolute Gasteiger partial charge is 0.343 e. The zero-order valence-corrected chi connectivity index (χ0v) is 18.2. The number of amides is 2. The van der Waals surface area contributed by atoms with E-state index in [2.05, 4.69) is 5.32 Å². The second-order valence-electron chi connectivity index (χ2n) is 8.40. The van der Waals surface area contributed by atoms with Gasteiger partial charge in [-0.2, -0.15) is 0 Å². The van der Waals surface area contributed by atoms with E-state index in [-0.39, 0.29) is 30.1 Å². The van der Waals surface area contributed by atoms with Crippen molar-refractivity contribution in [1.82, 2.24) is 10.2 Å². The molecule has 2 aromatic carbocycles.